The Hall–Kier alpha value is -0.600. The molecule has 0 atom stereocenters. The molecule has 10 heavy (non-hydrogen) atoms. The number of hydrogen-bond donors (Lipinski definition) is 2. The van der Waals surface area contributed by atoms with Crippen molar-refractivity contribution >= 4 is 0 Å². The van der Waals surface area contributed by atoms with Gasteiger partial charge in [-0.25, -0.2) is 0 Å². The smallest absolute Gasteiger partial charge is 0.174 e. The first-order chi connectivity index (χ1) is 4.46. The third-order valence-electron chi connectivity index (χ3n) is 1.62. The van der Waals surface area contributed by atoms with Crippen molar-refractivity contribution in [2.75, 3.05) is 0 Å². The molecule has 0 spiro atoms. The van der Waals surface area contributed by atoms with Gasteiger partial charge in [0.05, 0.1) is 0 Å². The van der Waals surface area contributed by atoms with Gasteiger partial charge in [-0.2, -0.15) is 0 Å². The summed E-state index contributed by atoms with van der Waals surface area (Å²) in [4.78, 5) is 0. The predicted molar refractivity (Wildman–Crippen MR) is 41.4 cm³/mol. The average molecular weight is 142 g/mol. The van der Waals surface area contributed by atoms with Crippen molar-refractivity contribution in [3.63, 3.8) is 0 Å². The van der Waals surface area contributed by atoms with Gasteiger partial charge in [0.15, 0.2) is 6.29 Å². The van der Waals surface area contributed by atoms with E-state index in [1.54, 1.807) is 6.92 Å². The summed E-state index contributed by atoms with van der Waals surface area (Å²) < 4.78 is 0. The van der Waals surface area contributed by atoms with Crippen molar-refractivity contribution in [2.45, 2.75) is 27.1 Å². The van der Waals surface area contributed by atoms with E-state index >= 15 is 0 Å². The Morgan fingerprint density at radius 1 is 1.20 bits per heavy atom. The highest BCUT2D eigenvalue weighted by molar-refractivity contribution is 5.29. The molecule has 0 aromatic rings. The summed E-state index contributed by atoms with van der Waals surface area (Å²) in [6.45, 7) is 9.00. The molecule has 2 heteroatoms. The monoisotopic (exact) mass is 142 g/mol. The summed E-state index contributed by atoms with van der Waals surface area (Å²) in [5.41, 5.74) is 2.29. The molecule has 0 radical (unpaired) electrons. The highest BCUT2D eigenvalue weighted by Crippen LogP contribution is 2.13. The lowest BCUT2D eigenvalue weighted by molar-refractivity contribution is -0.00827. The Labute approximate surface area is 61.5 Å². The molecule has 0 fully saturated rings. The number of hydrogen-bond acceptors (Lipinski definition) is 2. The third kappa shape index (κ3) is 2.33. The van der Waals surface area contributed by atoms with E-state index in [-0.39, 0.29) is 0 Å². The molecule has 2 N–H and O–H groups in total. The Morgan fingerprint density at radius 2 is 1.60 bits per heavy atom. The summed E-state index contributed by atoms with van der Waals surface area (Å²) in [6, 6.07) is 0. The lowest BCUT2D eigenvalue weighted by Crippen LogP contribution is -2.07. The van der Waals surface area contributed by atoms with E-state index in [9.17, 15) is 0 Å². The molecular weight excluding hydrogens is 128 g/mol. The van der Waals surface area contributed by atoms with Crippen LogP contribution in [-0.4, -0.2) is 16.5 Å². The molecule has 0 aromatic carbocycles. The summed E-state index contributed by atoms with van der Waals surface area (Å²) in [5, 5.41) is 17.4. The fourth-order valence-electron chi connectivity index (χ4n) is 0.530. The molecule has 0 bridgehead atoms. The first-order valence-electron chi connectivity index (χ1n) is 3.16. The predicted octanol–water partition coefficient (Wildman–Crippen LogP) is 1.21. The van der Waals surface area contributed by atoms with Crippen LogP contribution in [0.2, 0.25) is 0 Å². The van der Waals surface area contributed by atoms with Gasteiger partial charge in [0, 0.05) is 0 Å². The van der Waals surface area contributed by atoms with Crippen LogP contribution in [0.1, 0.15) is 20.8 Å². The molecule has 0 aliphatic heterocycles. The van der Waals surface area contributed by atoms with Crippen LogP contribution in [0.3, 0.4) is 0 Å². The molecule has 0 aromatic heterocycles. The molecule has 0 aliphatic carbocycles. The van der Waals surface area contributed by atoms with Crippen LogP contribution >= 0.6 is 0 Å². The van der Waals surface area contributed by atoms with E-state index in [0.717, 1.165) is 11.1 Å². The van der Waals surface area contributed by atoms with Gasteiger partial charge in [-0.1, -0.05) is 12.2 Å². The van der Waals surface area contributed by atoms with Crippen molar-refractivity contribution in [1.29, 1.82) is 0 Å². The van der Waals surface area contributed by atoms with Crippen LogP contribution in [0.5, 0.6) is 0 Å². The lowest BCUT2D eigenvalue weighted by atomic mass is 10.1. The van der Waals surface area contributed by atoms with Crippen molar-refractivity contribution < 1.29 is 10.2 Å². The zero-order chi connectivity index (χ0) is 8.31. The largest absolute Gasteiger partial charge is 0.365 e. The van der Waals surface area contributed by atoms with E-state index in [1.807, 2.05) is 13.8 Å². The Kier molecular flexibility index (Phi) is 3.33. The van der Waals surface area contributed by atoms with Gasteiger partial charge in [0.2, 0.25) is 0 Å². The summed E-state index contributed by atoms with van der Waals surface area (Å²) in [6.07, 6.45) is -1.35. The number of allylic oxidation sites excluding steroid dienone is 2. The Bertz CT molecular complexity index is 166. The fraction of sp³-hybridized carbons (Fsp3) is 0.500. The van der Waals surface area contributed by atoms with E-state index < -0.39 is 6.29 Å². The van der Waals surface area contributed by atoms with Gasteiger partial charge >= 0.3 is 0 Å². The van der Waals surface area contributed by atoms with Gasteiger partial charge < -0.3 is 10.2 Å². The van der Waals surface area contributed by atoms with E-state index in [2.05, 4.69) is 6.58 Å². The van der Waals surface area contributed by atoms with Crippen LogP contribution < -0.4 is 0 Å². The van der Waals surface area contributed by atoms with Crippen LogP contribution in [0.25, 0.3) is 0 Å². The minimum absolute atomic E-state index is 0.563. The summed E-state index contributed by atoms with van der Waals surface area (Å²) in [5.74, 6) is 0. The van der Waals surface area contributed by atoms with Crippen molar-refractivity contribution in [1.82, 2.24) is 0 Å². The van der Waals surface area contributed by atoms with Crippen molar-refractivity contribution in [3.8, 4) is 0 Å². The molecule has 0 aliphatic rings. The van der Waals surface area contributed by atoms with Crippen molar-refractivity contribution in [2.24, 2.45) is 0 Å². The van der Waals surface area contributed by atoms with E-state index in [0.29, 0.717) is 5.57 Å². The highest BCUT2D eigenvalue weighted by atomic mass is 16.5. The standard InChI is InChI=1S/C8H14O2/c1-5(2)6(3)7(4)8(9)10/h8-10H,1H2,2-4H3/b7-6+. The molecule has 2 nitrogen and oxygen atoms in total. The number of aliphatic hydroxyl groups is 2. The fourth-order valence-corrected chi connectivity index (χ4v) is 0.530. The molecule has 0 amide bonds. The molecule has 0 saturated heterocycles. The van der Waals surface area contributed by atoms with Gasteiger partial charge in [-0.05, 0) is 31.9 Å². The normalized spacial score (nSPS) is 13.4. The minimum atomic E-state index is -1.35. The highest BCUT2D eigenvalue weighted by Gasteiger charge is 2.03. The Morgan fingerprint density at radius 3 is 1.70 bits per heavy atom. The van der Waals surface area contributed by atoms with Crippen molar-refractivity contribution in [3.05, 3.63) is 23.3 Å². The maximum Gasteiger partial charge on any atom is 0.174 e. The molecular formula is C8H14O2. The van der Waals surface area contributed by atoms with Crippen LogP contribution in [0, 0.1) is 0 Å². The number of rotatable bonds is 2. The molecule has 0 unspecified atom stereocenters. The van der Waals surface area contributed by atoms with E-state index in [1.165, 1.54) is 0 Å². The SMILES string of the molecule is C=C(C)/C(C)=C(\C)C(O)O. The van der Waals surface area contributed by atoms with Crippen LogP contribution in [0.4, 0.5) is 0 Å². The quantitative estimate of drug-likeness (QED) is 0.449. The number of aliphatic hydroxyl groups excluding tert-OH is 1. The van der Waals surface area contributed by atoms with Gasteiger partial charge in [-0.3, -0.25) is 0 Å². The maximum absolute atomic E-state index is 8.70. The maximum atomic E-state index is 8.70. The van der Waals surface area contributed by atoms with Gasteiger partial charge in [0.1, 0.15) is 0 Å². The third-order valence-corrected chi connectivity index (χ3v) is 1.62. The topological polar surface area (TPSA) is 40.5 Å². The minimum Gasteiger partial charge on any atom is -0.365 e. The second-order valence-corrected chi connectivity index (χ2v) is 2.46. The van der Waals surface area contributed by atoms with Gasteiger partial charge in [0.25, 0.3) is 0 Å². The Balaban J connectivity index is 4.50. The zero-order valence-corrected chi connectivity index (χ0v) is 6.68. The van der Waals surface area contributed by atoms with Crippen LogP contribution in [-0.2, 0) is 0 Å². The summed E-state index contributed by atoms with van der Waals surface area (Å²) >= 11 is 0. The molecule has 58 valence electrons. The molecule has 0 rings (SSSR count). The zero-order valence-electron chi connectivity index (χ0n) is 6.68. The summed E-state index contributed by atoms with van der Waals surface area (Å²) in [7, 11) is 0. The first kappa shape index (κ1) is 9.40. The molecule has 0 heterocycles. The second-order valence-electron chi connectivity index (χ2n) is 2.46. The average Bonchev–Trinajstić information content (AvgIpc) is 1.84. The molecule has 0 saturated carbocycles. The first-order valence-corrected chi connectivity index (χ1v) is 3.16. The van der Waals surface area contributed by atoms with E-state index in [4.69, 9.17) is 10.2 Å². The lowest BCUT2D eigenvalue weighted by Gasteiger charge is -2.08. The van der Waals surface area contributed by atoms with Gasteiger partial charge in [-0.15, -0.1) is 0 Å². The second kappa shape index (κ2) is 3.54. The van der Waals surface area contributed by atoms with Crippen LogP contribution in [0.15, 0.2) is 23.3 Å².